The molecule has 2 aromatic rings. The average molecular weight is 342 g/mol. The summed E-state index contributed by atoms with van der Waals surface area (Å²) >= 11 is 1.28. The number of aromatic nitrogens is 1. The fourth-order valence-electron chi connectivity index (χ4n) is 2.07. The van der Waals surface area contributed by atoms with E-state index in [1.807, 2.05) is 0 Å². The normalized spacial score (nSPS) is 12.3. The summed E-state index contributed by atoms with van der Waals surface area (Å²) in [5.74, 6) is -0.268. The van der Waals surface area contributed by atoms with Crippen LogP contribution in [0.1, 0.15) is 39.7 Å². The summed E-state index contributed by atoms with van der Waals surface area (Å²) in [5, 5.41) is 3.54. The van der Waals surface area contributed by atoms with E-state index in [0.29, 0.717) is 10.4 Å². The molecule has 0 aliphatic heterocycles. The van der Waals surface area contributed by atoms with Crippen LogP contribution in [0.15, 0.2) is 30.5 Å². The molecular formula is C16H17F3N2OS. The number of benzene rings is 1. The Morgan fingerprint density at radius 2 is 1.91 bits per heavy atom. The minimum Gasteiger partial charge on any atom is -0.350 e. The van der Waals surface area contributed by atoms with Gasteiger partial charge in [-0.05, 0) is 18.6 Å². The first-order valence-electron chi connectivity index (χ1n) is 6.98. The van der Waals surface area contributed by atoms with Crippen LogP contribution in [0, 0.1) is 6.92 Å². The van der Waals surface area contributed by atoms with Crippen LogP contribution < -0.4 is 5.32 Å². The van der Waals surface area contributed by atoms with Crippen molar-refractivity contribution in [3.63, 3.8) is 0 Å². The Kier molecular flexibility index (Phi) is 4.79. The van der Waals surface area contributed by atoms with Gasteiger partial charge in [-0.15, -0.1) is 11.3 Å². The maximum Gasteiger partial charge on any atom is 0.416 e. The van der Waals surface area contributed by atoms with Gasteiger partial charge in [0.15, 0.2) is 0 Å². The molecule has 1 heterocycles. The van der Waals surface area contributed by atoms with E-state index in [-0.39, 0.29) is 12.5 Å². The van der Waals surface area contributed by atoms with Crippen LogP contribution in [-0.2, 0) is 11.6 Å². The van der Waals surface area contributed by atoms with Gasteiger partial charge in [-0.1, -0.05) is 32.0 Å². The van der Waals surface area contributed by atoms with Crippen molar-refractivity contribution in [2.75, 3.05) is 6.54 Å². The van der Waals surface area contributed by atoms with Crippen molar-refractivity contribution in [3.8, 4) is 0 Å². The number of alkyl halides is 3. The number of carbonyl (C=O) groups excluding carboxylic acids is 1. The van der Waals surface area contributed by atoms with Crippen LogP contribution in [0.2, 0.25) is 0 Å². The molecule has 3 nitrogen and oxygen atoms in total. The van der Waals surface area contributed by atoms with Gasteiger partial charge in [-0.2, -0.15) is 13.2 Å². The summed E-state index contributed by atoms with van der Waals surface area (Å²) in [6, 6.07) is 5.19. The highest BCUT2D eigenvalue weighted by molar-refractivity contribution is 7.13. The first kappa shape index (κ1) is 17.5. The first-order chi connectivity index (χ1) is 10.6. The van der Waals surface area contributed by atoms with Gasteiger partial charge in [-0.3, -0.25) is 4.79 Å². The monoisotopic (exact) mass is 342 g/mol. The van der Waals surface area contributed by atoms with Crippen molar-refractivity contribution < 1.29 is 18.0 Å². The van der Waals surface area contributed by atoms with Gasteiger partial charge >= 0.3 is 6.18 Å². The summed E-state index contributed by atoms with van der Waals surface area (Å²) in [5.41, 5.74) is -0.794. The van der Waals surface area contributed by atoms with Crippen LogP contribution in [0.4, 0.5) is 13.2 Å². The topological polar surface area (TPSA) is 42.0 Å². The fraction of sp³-hybridized carbons (Fsp3) is 0.375. The summed E-state index contributed by atoms with van der Waals surface area (Å²) < 4.78 is 38.5. The molecule has 0 bridgehead atoms. The average Bonchev–Trinajstić information content (AvgIpc) is 2.91. The SMILES string of the molecule is Cc1ncc(C(=O)NCC(C)(C)c2cccc(C(F)(F)F)c2)s1. The Morgan fingerprint density at radius 3 is 2.48 bits per heavy atom. The highest BCUT2D eigenvalue weighted by atomic mass is 32.1. The molecule has 1 aromatic carbocycles. The Labute approximate surface area is 136 Å². The van der Waals surface area contributed by atoms with Gasteiger partial charge in [-0.25, -0.2) is 4.98 Å². The zero-order valence-electron chi connectivity index (χ0n) is 13.0. The van der Waals surface area contributed by atoms with Crippen LogP contribution in [0.3, 0.4) is 0 Å². The third-order valence-corrected chi connectivity index (χ3v) is 4.42. The van der Waals surface area contributed by atoms with Gasteiger partial charge in [0.05, 0.1) is 16.8 Å². The van der Waals surface area contributed by atoms with Crippen molar-refractivity contribution >= 4 is 17.2 Å². The predicted molar refractivity (Wildman–Crippen MR) is 83.7 cm³/mol. The molecule has 1 N–H and O–H groups in total. The Bertz CT molecular complexity index is 707. The second kappa shape index (κ2) is 6.31. The van der Waals surface area contributed by atoms with Gasteiger partial charge in [0.2, 0.25) is 0 Å². The van der Waals surface area contributed by atoms with Crippen molar-refractivity contribution in [1.29, 1.82) is 0 Å². The maximum absolute atomic E-state index is 12.8. The first-order valence-corrected chi connectivity index (χ1v) is 7.79. The van der Waals surface area contributed by atoms with Crippen molar-refractivity contribution in [1.82, 2.24) is 10.3 Å². The Morgan fingerprint density at radius 1 is 1.26 bits per heavy atom. The highest BCUT2D eigenvalue weighted by Crippen LogP contribution is 2.32. The van der Waals surface area contributed by atoms with Crippen LogP contribution in [-0.4, -0.2) is 17.4 Å². The van der Waals surface area contributed by atoms with E-state index in [9.17, 15) is 18.0 Å². The number of hydrogen-bond acceptors (Lipinski definition) is 3. The van der Waals surface area contributed by atoms with Gasteiger partial charge in [0, 0.05) is 12.0 Å². The number of nitrogens with zero attached hydrogens (tertiary/aromatic N) is 1. The lowest BCUT2D eigenvalue weighted by Crippen LogP contribution is -2.36. The predicted octanol–water partition coefficient (Wildman–Crippen LogP) is 4.18. The number of thiazole rings is 1. The summed E-state index contributed by atoms with van der Waals surface area (Å²) in [6.07, 6.45) is -2.89. The molecular weight excluding hydrogens is 325 g/mol. The van der Waals surface area contributed by atoms with Crippen LogP contribution in [0.5, 0.6) is 0 Å². The largest absolute Gasteiger partial charge is 0.416 e. The Hall–Kier alpha value is -1.89. The third-order valence-electron chi connectivity index (χ3n) is 3.51. The van der Waals surface area contributed by atoms with Crippen molar-refractivity contribution in [2.45, 2.75) is 32.4 Å². The zero-order chi connectivity index (χ0) is 17.3. The maximum atomic E-state index is 12.8. The molecule has 0 fully saturated rings. The number of nitrogens with one attached hydrogen (secondary N) is 1. The number of halogens is 3. The highest BCUT2D eigenvalue weighted by Gasteiger charge is 2.32. The quantitative estimate of drug-likeness (QED) is 0.906. The molecule has 0 radical (unpaired) electrons. The van der Waals surface area contributed by atoms with E-state index in [2.05, 4.69) is 10.3 Å². The van der Waals surface area contributed by atoms with Gasteiger partial charge < -0.3 is 5.32 Å². The minimum atomic E-state index is -4.38. The number of amides is 1. The Balaban J connectivity index is 2.11. The zero-order valence-corrected chi connectivity index (χ0v) is 13.8. The number of rotatable bonds is 4. The molecule has 0 spiro atoms. The van der Waals surface area contributed by atoms with E-state index in [1.54, 1.807) is 26.8 Å². The van der Waals surface area contributed by atoms with Gasteiger partial charge in [0.1, 0.15) is 4.88 Å². The lowest BCUT2D eigenvalue weighted by Gasteiger charge is -2.26. The lowest BCUT2D eigenvalue weighted by atomic mass is 9.83. The molecule has 1 amide bonds. The summed E-state index contributed by atoms with van der Waals surface area (Å²) in [7, 11) is 0. The molecule has 23 heavy (non-hydrogen) atoms. The molecule has 0 aliphatic carbocycles. The van der Waals surface area contributed by atoms with Crippen LogP contribution in [0.25, 0.3) is 0 Å². The third kappa shape index (κ3) is 4.31. The molecule has 1 aromatic heterocycles. The van der Waals surface area contributed by atoms with E-state index in [1.165, 1.54) is 23.6 Å². The van der Waals surface area contributed by atoms with E-state index in [4.69, 9.17) is 0 Å². The molecule has 0 aliphatic rings. The lowest BCUT2D eigenvalue weighted by molar-refractivity contribution is -0.137. The smallest absolute Gasteiger partial charge is 0.350 e. The second-order valence-electron chi connectivity index (χ2n) is 5.89. The number of carbonyl (C=O) groups is 1. The summed E-state index contributed by atoms with van der Waals surface area (Å²) in [6.45, 7) is 5.61. The van der Waals surface area contributed by atoms with E-state index >= 15 is 0 Å². The molecule has 0 saturated heterocycles. The van der Waals surface area contributed by atoms with E-state index < -0.39 is 17.2 Å². The number of hydrogen-bond donors (Lipinski definition) is 1. The molecule has 0 atom stereocenters. The standard InChI is InChI=1S/C16H17F3N2OS/c1-10-20-8-13(23-10)14(22)21-9-15(2,3)11-5-4-6-12(7-11)16(17,18)19/h4-8H,9H2,1-3H3,(H,21,22). The second-order valence-corrected chi connectivity index (χ2v) is 7.12. The van der Waals surface area contributed by atoms with Crippen molar-refractivity contribution in [3.05, 3.63) is 51.5 Å². The van der Waals surface area contributed by atoms with Crippen molar-refractivity contribution in [2.24, 2.45) is 0 Å². The molecule has 124 valence electrons. The molecule has 7 heteroatoms. The molecule has 0 unspecified atom stereocenters. The summed E-state index contributed by atoms with van der Waals surface area (Å²) in [4.78, 5) is 16.5. The van der Waals surface area contributed by atoms with E-state index in [0.717, 1.165) is 17.1 Å². The minimum absolute atomic E-state index is 0.226. The molecule has 2 rings (SSSR count). The fourth-order valence-corrected chi connectivity index (χ4v) is 2.77. The van der Waals surface area contributed by atoms with Crippen LogP contribution >= 0.6 is 11.3 Å². The van der Waals surface area contributed by atoms with Gasteiger partial charge in [0.25, 0.3) is 5.91 Å². The number of aryl methyl sites for hydroxylation is 1. The molecule has 0 saturated carbocycles.